The van der Waals surface area contributed by atoms with Gasteiger partial charge in [0.15, 0.2) is 0 Å². The molecule has 0 aromatic rings. The minimum absolute atomic E-state index is 1.16. The van der Waals surface area contributed by atoms with Gasteiger partial charge in [-0.1, -0.05) is 38.5 Å². The van der Waals surface area contributed by atoms with Gasteiger partial charge in [-0.15, -0.1) is 0 Å². The van der Waals surface area contributed by atoms with Crippen LogP contribution in [0.4, 0.5) is 0 Å². The summed E-state index contributed by atoms with van der Waals surface area (Å²) in [5.74, 6) is 0. The lowest BCUT2D eigenvalue weighted by Crippen LogP contribution is -2.35. The third-order valence-corrected chi connectivity index (χ3v) is 2.80. The molecule has 78 valence electrons. The molecule has 1 saturated heterocycles. The second kappa shape index (κ2) is 7.34. The smallest absolute Gasteiger partial charge is 0.0127 e. The number of nitrogens with one attached hydrogen (secondary N) is 1. The Balaban J connectivity index is 2.11. The number of hydrogen-bond acceptors (Lipinski definition) is 2. The predicted molar refractivity (Wildman–Crippen MR) is 57.6 cm³/mol. The van der Waals surface area contributed by atoms with Crippen LogP contribution in [0.1, 0.15) is 51.4 Å². The van der Waals surface area contributed by atoms with Crippen molar-refractivity contribution in [2.24, 2.45) is 0 Å². The van der Waals surface area contributed by atoms with E-state index in [1.165, 1.54) is 57.9 Å². The maximum atomic E-state index is 3.43. The Kier molecular flexibility index (Phi) is 6.21. The van der Waals surface area contributed by atoms with E-state index in [-0.39, 0.29) is 0 Å². The van der Waals surface area contributed by atoms with Gasteiger partial charge in [0.05, 0.1) is 0 Å². The maximum absolute atomic E-state index is 3.43. The normalized spacial score (nSPS) is 24.7. The fraction of sp³-hybridized carbons (Fsp3) is 1.00. The molecule has 0 unspecified atom stereocenters. The summed E-state index contributed by atoms with van der Waals surface area (Å²) in [5.41, 5.74) is 3.43. The molecule has 0 radical (unpaired) electrons. The van der Waals surface area contributed by atoms with E-state index in [9.17, 15) is 0 Å². The highest BCUT2D eigenvalue weighted by Crippen LogP contribution is 2.09. The second-order valence-corrected chi connectivity index (χ2v) is 4.16. The van der Waals surface area contributed by atoms with Gasteiger partial charge < -0.3 is 0 Å². The first kappa shape index (κ1) is 11.0. The first-order chi connectivity index (χ1) is 6.39. The van der Waals surface area contributed by atoms with Gasteiger partial charge in [-0.25, -0.2) is 5.01 Å². The average Bonchev–Trinajstić information content (AvgIpc) is 2.11. The highest BCUT2D eigenvalue weighted by atomic mass is 15.5. The number of nitrogens with zero attached hydrogens (tertiary/aromatic N) is 1. The standard InChI is InChI=1S/C11H24N2/c1-13-11-9-7-5-3-2-4-6-8-10-12-13/h12H,2-11H2,1H3. The minimum Gasteiger partial charge on any atom is -0.255 e. The van der Waals surface area contributed by atoms with Crippen molar-refractivity contribution in [2.45, 2.75) is 51.4 Å². The van der Waals surface area contributed by atoms with Crippen LogP contribution < -0.4 is 5.43 Å². The van der Waals surface area contributed by atoms with Crippen LogP contribution in [-0.4, -0.2) is 25.1 Å². The summed E-state index contributed by atoms with van der Waals surface area (Å²) in [7, 11) is 2.16. The van der Waals surface area contributed by atoms with Gasteiger partial charge >= 0.3 is 0 Å². The van der Waals surface area contributed by atoms with Crippen LogP contribution in [0.2, 0.25) is 0 Å². The van der Waals surface area contributed by atoms with Crippen LogP contribution >= 0.6 is 0 Å². The van der Waals surface area contributed by atoms with Crippen molar-refractivity contribution >= 4 is 0 Å². The molecule has 0 aliphatic carbocycles. The zero-order valence-electron chi connectivity index (χ0n) is 9.02. The van der Waals surface area contributed by atoms with Crippen molar-refractivity contribution in [3.63, 3.8) is 0 Å². The van der Waals surface area contributed by atoms with Crippen LogP contribution in [0, 0.1) is 0 Å². The highest BCUT2D eigenvalue weighted by molar-refractivity contribution is 4.53. The molecule has 1 rings (SSSR count). The largest absolute Gasteiger partial charge is 0.255 e. The molecule has 0 atom stereocenters. The number of rotatable bonds is 0. The van der Waals surface area contributed by atoms with E-state index in [0.717, 1.165) is 6.54 Å². The summed E-state index contributed by atoms with van der Waals surface area (Å²) in [6.07, 6.45) is 11.3. The monoisotopic (exact) mass is 184 g/mol. The molecular weight excluding hydrogens is 160 g/mol. The number of hydrazine groups is 1. The van der Waals surface area contributed by atoms with Crippen molar-refractivity contribution in [1.82, 2.24) is 10.4 Å². The van der Waals surface area contributed by atoms with Gasteiger partial charge in [0.25, 0.3) is 0 Å². The van der Waals surface area contributed by atoms with E-state index in [2.05, 4.69) is 17.5 Å². The van der Waals surface area contributed by atoms with Crippen molar-refractivity contribution < 1.29 is 0 Å². The Morgan fingerprint density at radius 3 is 2.00 bits per heavy atom. The van der Waals surface area contributed by atoms with Crippen molar-refractivity contribution in [1.29, 1.82) is 0 Å². The Bertz CT molecular complexity index is 103. The van der Waals surface area contributed by atoms with Gasteiger partial charge in [0.1, 0.15) is 0 Å². The van der Waals surface area contributed by atoms with Gasteiger partial charge in [-0.2, -0.15) is 0 Å². The lowest BCUT2D eigenvalue weighted by atomic mass is 10.1. The second-order valence-electron chi connectivity index (χ2n) is 4.16. The molecule has 0 spiro atoms. The fourth-order valence-corrected chi connectivity index (χ4v) is 1.88. The molecular formula is C11H24N2. The quantitative estimate of drug-likeness (QED) is 0.622. The summed E-state index contributed by atoms with van der Waals surface area (Å²) in [4.78, 5) is 0. The first-order valence-electron chi connectivity index (χ1n) is 5.84. The maximum Gasteiger partial charge on any atom is 0.0127 e. The van der Waals surface area contributed by atoms with Gasteiger partial charge in [-0.3, -0.25) is 5.43 Å². The molecule has 1 heterocycles. The summed E-state index contributed by atoms with van der Waals surface area (Å²) >= 11 is 0. The van der Waals surface area contributed by atoms with E-state index in [1.54, 1.807) is 0 Å². The molecule has 1 N–H and O–H groups in total. The van der Waals surface area contributed by atoms with Crippen molar-refractivity contribution in [3.05, 3.63) is 0 Å². The molecule has 0 bridgehead atoms. The first-order valence-corrected chi connectivity index (χ1v) is 5.84. The van der Waals surface area contributed by atoms with E-state index < -0.39 is 0 Å². The Morgan fingerprint density at radius 1 is 0.769 bits per heavy atom. The van der Waals surface area contributed by atoms with E-state index in [1.807, 2.05) is 0 Å². The molecule has 13 heavy (non-hydrogen) atoms. The highest BCUT2D eigenvalue weighted by Gasteiger charge is 1.99. The Hall–Kier alpha value is -0.0800. The van der Waals surface area contributed by atoms with Gasteiger partial charge in [0, 0.05) is 20.1 Å². The molecule has 2 heteroatoms. The molecule has 1 fully saturated rings. The molecule has 0 amide bonds. The summed E-state index contributed by atoms with van der Waals surface area (Å²) in [6, 6.07) is 0. The summed E-state index contributed by atoms with van der Waals surface area (Å²) < 4.78 is 0. The summed E-state index contributed by atoms with van der Waals surface area (Å²) in [5, 5.41) is 2.25. The Morgan fingerprint density at radius 2 is 1.31 bits per heavy atom. The average molecular weight is 184 g/mol. The molecule has 1 aliphatic rings. The van der Waals surface area contributed by atoms with Gasteiger partial charge in [0.2, 0.25) is 0 Å². The van der Waals surface area contributed by atoms with Crippen LogP contribution in [0.15, 0.2) is 0 Å². The van der Waals surface area contributed by atoms with Crippen molar-refractivity contribution in [2.75, 3.05) is 20.1 Å². The summed E-state index contributed by atoms with van der Waals surface area (Å²) in [6.45, 7) is 2.37. The molecule has 0 aromatic heterocycles. The van der Waals surface area contributed by atoms with Gasteiger partial charge in [-0.05, 0) is 12.8 Å². The number of hydrogen-bond donors (Lipinski definition) is 1. The van der Waals surface area contributed by atoms with Crippen LogP contribution in [0.5, 0.6) is 0 Å². The zero-order chi connectivity index (χ0) is 9.36. The Labute approximate surface area is 82.7 Å². The van der Waals surface area contributed by atoms with Crippen LogP contribution in [0.3, 0.4) is 0 Å². The minimum atomic E-state index is 1.16. The topological polar surface area (TPSA) is 15.3 Å². The predicted octanol–water partition coefficient (Wildman–Crippen LogP) is 2.56. The van der Waals surface area contributed by atoms with Crippen molar-refractivity contribution in [3.8, 4) is 0 Å². The van der Waals surface area contributed by atoms with E-state index in [4.69, 9.17) is 0 Å². The molecule has 0 aromatic carbocycles. The molecule has 0 saturated carbocycles. The zero-order valence-corrected chi connectivity index (χ0v) is 9.02. The molecule has 1 aliphatic heterocycles. The van der Waals surface area contributed by atoms with E-state index in [0.29, 0.717) is 0 Å². The van der Waals surface area contributed by atoms with Crippen LogP contribution in [-0.2, 0) is 0 Å². The SMILES string of the molecule is CN1CCCCCCCCCCN1. The lowest BCUT2D eigenvalue weighted by Gasteiger charge is -2.18. The lowest BCUT2D eigenvalue weighted by molar-refractivity contribution is 0.226. The third kappa shape index (κ3) is 6.05. The third-order valence-electron chi connectivity index (χ3n) is 2.80. The van der Waals surface area contributed by atoms with Crippen LogP contribution in [0.25, 0.3) is 0 Å². The molecule has 2 nitrogen and oxygen atoms in total. The van der Waals surface area contributed by atoms with E-state index >= 15 is 0 Å². The fourth-order valence-electron chi connectivity index (χ4n) is 1.88.